The van der Waals surface area contributed by atoms with Gasteiger partial charge in [-0.2, -0.15) is 5.10 Å². The molecule has 4 nitrogen and oxygen atoms in total. The third kappa shape index (κ3) is 2.99. The summed E-state index contributed by atoms with van der Waals surface area (Å²) < 4.78 is 0. The van der Waals surface area contributed by atoms with Crippen molar-refractivity contribution in [2.24, 2.45) is 5.10 Å². The Morgan fingerprint density at radius 1 is 1.43 bits per heavy atom. The summed E-state index contributed by atoms with van der Waals surface area (Å²) in [6.45, 7) is 1.16. The topological polar surface area (TPSA) is 61.7 Å². The monoisotopic (exact) mass is 192 g/mol. The van der Waals surface area contributed by atoms with Crippen molar-refractivity contribution in [3.05, 3.63) is 35.9 Å². The van der Waals surface area contributed by atoms with Gasteiger partial charge in [-0.15, -0.1) is 0 Å². The van der Waals surface area contributed by atoms with Crippen LogP contribution in [0.1, 0.15) is 12.5 Å². The zero-order valence-electron chi connectivity index (χ0n) is 7.90. The predicted octanol–water partition coefficient (Wildman–Crippen LogP) is 0.519. The molecule has 2 N–H and O–H groups in total. The fourth-order valence-corrected chi connectivity index (χ4v) is 0.968. The summed E-state index contributed by atoms with van der Waals surface area (Å²) >= 11 is 0. The van der Waals surface area contributed by atoms with E-state index in [2.05, 4.69) is 10.5 Å². The second-order valence-electron chi connectivity index (χ2n) is 2.75. The standard InChI is InChI=1S/C10H12N2O2/c1-8(14)11-12-10(7-13)9-5-3-2-4-6-9/h2-6,13H,7H2,1H3,(H,11,14). The van der Waals surface area contributed by atoms with Crippen LogP contribution in [0.2, 0.25) is 0 Å². The number of aliphatic hydroxyl groups excluding tert-OH is 1. The van der Waals surface area contributed by atoms with Gasteiger partial charge in [0, 0.05) is 12.5 Å². The zero-order valence-corrected chi connectivity index (χ0v) is 7.90. The van der Waals surface area contributed by atoms with Crippen LogP contribution in [0.4, 0.5) is 0 Å². The lowest BCUT2D eigenvalue weighted by atomic mass is 10.1. The zero-order chi connectivity index (χ0) is 10.4. The summed E-state index contributed by atoms with van der Waals surface area (Å²) in [5.74, 6) is -0.258. The maximum Gasteiger partial charge on any atom is 0.236 e. The van der Waals surface area contributed by atoms with Crippen molar-refractivity contribution in [2.75, 3.05) is 6.61 Å². The molecular formula is C10H12N2O2. The molecule has 0 radical (unpaired) electrons. The lowest BCUT2D eigenvalue weighted by Crippen LogP contribution is -2.18. The largest absolute Gasteiger partial charge is 0.390 e. The summed E-state index contributed by atoms with van der Waals surface area (Å²) in [6.07, 6.45) is 0. The van der Waals surface area contributed by atoms with Crippen LogP contribution < -0.4 is 5.43 Å². The Morgan fingerprint density at radius 3 is 2.57 bits per heavy atom. The van der Waals surface area contributed by atoms with Crippen LogP contribution in [-0.4, -0.2) is 23.3 Å². The Bertz CT molecular complexity index is 333. The molecule has 0 saturated heterocycles. The Hall–Kier alpha value is -1.68. The molecule has 14 heavy (non-hydrogen) atoms. The summed E-state index contributed by atoms with van der Waals surface area (Å²) in [7, 11) is 0. The molecule has 0 atom stereocenters. The van der Waals surface area contributed by atoms with E-state index in [9.17, 15) is 4.79 Å². The smallest absolute Gasteiger partial charge is 0.236 e. The van der Waals surface area contributed by atoms with Gasteiger partial charge >= 0.3 is 0 Å². The number of aliphatic hydroxyl groups is 1. The number of hydrazone groups is 1. The molecule has 0 aromatic heterocycles. The van der Waals surface area contributed by atoms with E-state index in [0.29, 0.717) is 5.71 Å². The summed E-state index contributed by atoms with van der Waals surface area (Å²) in [4.78, 5) is 10.6. The normalized spacial score (nSPS) is 11.1. The molecule has 1 rings (SSSR count). The number of nitrogens with one attached hydrogen (secondary N) is 1. The number of benzene rings is 1. The van der Waals surface area contributed by atoms with Gasteiger partial charge in [0.25, 0.3) is 0 Å². The van der Waals surface area contributed by atoms with Gasteiger partial charge in [0.05, 0.1) is 12.3 Å². The molecule has 74 valence electrons. The van der Waals surface area contributed by atoms with Crippen molar-refractivity contribution in [3.8, 4) is 0 Å². The van der Waals surface area contributed by atoms with Gasteiger partial charge in [-0.25, -0.2) is 5.43 Å². The minimum atomic E-state index is -0.258. The van der Waals surface area contributed by atoms with E-state index in [4.69, 9.17) is 5.11 Å². The minimum Gasteiger partial charge on any atom is -0.390 e. The first kappa shape index (κ1) is 10.4. The molecule has 4 heteroatoms. The third-order valence-corrected chi connectivity index (χ3v) is 1.61. The lowest BCUT2D eigenvalue weighted by molar-refractivity contribution is -0.118. The summed E-state index contributed by atoms with van der Waals surface area (Å²) in [5, 5.41) is 12.8. The van der Waals surface area contributed by atoms with Gasteiger partial charge in [0.1, 0.15) is 0 Å². The molecule has 0 spiro atoms. The number of nitrogens with zero attached hydrogens (tertiary/aromatic N) is 1. The van der Waals surface area contributed by atoms with E-state index in [1.54, 1.807) is 0 Å². The molecule has 1 aromatic carbocycles. The van der Waals surface area contributed by atoms with E-state index in [1.807, 2.05) is 30.3 Å². The van der Waals surface area contributed by atoms with Crippen LogP contribution in [0.5, 0.6) is 0 Å². The number of hydrogen-bond donors (Lipinski definition) is 2. The van der Waals surface area contributed by atoms with E-state index in [-0.39, 0.29) is 12.5 Å². The first-order chi connectivity index (χ1) is 6.74. The average Bonchev–Trinajstić information content (AvgIpc) is 2.20. The SMILES string of the molecule is CC(=O)NN=C(CO)c1ccccc1. The van der Waals surface area contributed by atoms with Gasteiger partial charge in [-0.05, 0) is 0 Å². The average molecular weight is 192 g/mol. The van der Waals surface area contributed by atoms with E-state index in [1.165, 1.54) is 6.92 Å². The molecular weight excluding hydrogens is 180 g/mol. The lowest BCUT2D eigenvalue weighted by Gasteiger charge is -2.02. The summed E-state index contributed by atoms with van der Waals surface area (Å²) in [5.41, 5.74) is 3.52. The van der Waals surface area contributed by atoms with Crippen LogP contribution in [0.15, 0.2) is 35.4 Å². The second-order valence-corrected chi connectivity index (χ2v) is 2.75. The Morgan fingerprint density at radius 2 is 2.07 bits per heavy atom. The summed E-state index contributed by atoms with van der Waals surface area (Å²) in [6, 6.07) is 9.19. The number of amides is 1. The maximum atomic E-state index is 10.6. The quantitative estimate of drug-likeness (QED) is 0.541. The highest BCUT2D eigenvalue weighted by Gasteiger charge is 2.00. The molecule has 0 aliphatic heterocycles. The first-order valence-electron chi connectivity index (χ1n) is 4.23. The molecule has 1 aromatic rings. The number of carbonyl (C=O) groups excluding carboxylic acids is 1. The van der Waals surface area contributed by atoms with Gasteiger partial charge in [0.15, 0.2) is 0 Å². The molecule has 0 fully saturated rings. The fourth-order valence-electron chi connectivity index (χ4n) is 0.968. The predicted molar refractivity (Wildman–Crippen MR) is 53.9 cm³/mol. The van der Waals surface area contributed by atoms with Crippen LogP contribution in [-0.2, 0) is 4.79 Å². The highest BCUT2D eigenvalue weighted by Crippen LogP contribution is 1.99. The van der Waals surface area contributed by atoms with Crippen molar-refractivity contribution in [2.45, 2.75) is 6.92 Å². The minimum absolute atomic E-state index is 0.204. The van der Waals surface area contributed by atoms with Crippen LogP contribution >= 0.6 is 0 Å². The van der Waals surface area contributed by atoms with Crippen molar-refractivity contribution in [1.29, 1.82) is 0 Å². The van der Waals surface area contributed by atoms with Crippen LogP contribution in [0, 0.1) is 0 Å². The van der Waals surface area contributed by atoms with E-state index < -0.39 is 0 Å². The van der Waals surface area contributed by atoms with Crippen LogP contribution in [0.3, 0.4) is 0 Å². The van der Waals surface area contributed by atoms with Crippen molar-refractivity contribution in [3.63, 3.8) is 0 Å². The van der Waals surface area contributed by atoms with Crippen LogP contribution in [0.25, 0.3) is 0 Å². The number of carbonyl (C=O) groups is 1. The van der Waals surface area contributed by atoms with Gasteiger partial charge in [-0.1, -0.05) is 30.3 Å². The van der Waals surface area contributed by atoms with Crippen molar-refractivity contribution < 1.29 is 9.90 Å². The number of hydrogen-bond acceptors (Lipinski definition) is 3. The molecule has 1 amide bonds. The van der Waals surface area contributed by atoms with E-state index >= 15 is 0 Å². The van der Waals surface area contributed by atoms with Crippen molar-refractivity contribution >= 4 is 11.6 Å². The van der Waals surface area contributed by atoms with Gasteiger partial charge < -0.3 is 5.11 Å². The van der Waals surface area contributed by atoms with Gasteiger partial charge in [-0.3, -0.25) is 4.79 Å². The molecule has 0 heterocycles. The second kappa shape index (κ2) is 5.14. The number of rotatable bonds is 3. The molecule has 0 unspecified atom stereocenters. The molecule has 0 aliphatic carbocycles. The van der Waals surface area contributed by atoms with Crippen molar-refractivity contribution in [1.82, 2.24) is 5.43 Å². The van der Waals surface area contributed by atoms with Gasteiger partial charge in [0.2, 0.25) is 5.91 Å². The Labute approximate surface area is 82.3 Å². The third-order valence-electron chi connectivity index (χ3n) is 1.61. The molecule has 0 aliphatic rings. The highest BCUT2D eigenvalue weighted by atomic mass is 16.3. The Balaban J connectivity index is 2.82. The first-order valence-corrected chi connectivity index (χ1v) is 4.23. The van der Waals surface area contributed by atoms with E-state index in [0.717, 1.165) is 5.56 Å². The Kier molecular flexibility index (Phi) is 3.82. The fraction of sp³-hybridized carbons (Fsp3) is 0.200. The molecule has 0 saturated carbocycles. The molecule has 0 bridgehead atoms. The maximum absolute atomic E-state index is 10.6. The highest BCUT2D eigenvalue weighted by molar-refractivity contribution is 6.01.